The van der Waals surface area contributed by atoms with E-state index in [1.807, 2.05) is 24.3 Å². The van der Waals surface area contributed by atoms with Gasteiger partial charge in [0.1, 0.15) is 0 Å². The van der Waals surface area contributed by atoms with Gasteiger partial charge in [0, 0.05) is 35.8 Å². The number of hydrogen-bond donors (Lipinski definition) is 2. The average Bonchev–Trinajstić information content (AvgIpc) is 2.53. The summed E-state index contributed by atoms with van der Waals surface area (Å²) in [5.74, 6) is 0.185. The number of fused-ring (bicyclic) bond motifs is 1. The zero-order valence-corrected chi connectivity index (χ0v) is 12.4. The molecular formula is C16H14N4O3. The highest BCUT2D eigenvalue weighted by Crippen LogP contribution is 2.24. The fourth-order valence-electron chi connectivity index (χ4n) is 2.43. The molecule has 7 heteroatoms. The van der Waals surface area contributed by atoms with E-state index < -0.39 is 4.92 Å². The van der Waals surface area contributed by atoms with Gasteiger partial charge in [-0.1, -0.05) is 18.2 Å². The number of H-pyrrole nitrogens is 1. The number of aryl methyl sites for hydroxylation is 1. The quantitative estimate of drug-likeness (QED) is 0.570. The SMILES string of the molecule is Cc1cnc(NCc2cc(=O)[nH]c3ccccc23)c([N+](=O)[O-])c1. The molecule has 0 bridgehead atoms. The summed E-state index contributed by atoms with van der Waals surface area (Å²) in [6.07, 6.45) is 1.56. The van der Waals surface area contributed by atoms with Gasteiger partial charge in [0.25, 0.3) is 0 Å². The third-order valence-corrected chi connectivity index (χ3v) is 3.48. The summed E-state index contributed by atoms with van der Waals surface area (Å²) >= 11 is 0. The van der Waals surface area contributed by atoms with Crippen LogP contribution in [0.5, 0.6) is 0 Å². The molecule has 0 saturated heterocycles. The Morgan fingerprint density at radius 1 is 1.30 bits per heavy atom. The Balaban J connectivity index is 1.96. The van der Waals surface area contributed by atoms with E-state index in [1.165, 1.54) is 12.1 Å². The zero-order valence-electron chi connectivity index (χ0n) is 12.4. The number of hydrogen-bond acceptors (Lipinski definition) is 5. The Labute approximate surface area is 131 Å². The van der Waals surface area contributed by atoms with Crippen molar-refractivity contribution in [3.63, 3.8) is 0 Å². The van der Waals surface area contributed by atoms with Crippen LogP contribution in [0.1, 0.15) is 11.1 Å². The molecule has 0 saturated carbocycles. The van der Waals surface area contributed by atoms with Crippen LogP contribution in [-0.4, -0.2) is 14.9 Å². The number of nitrogens with zero attached hydrogens (tertiary/aromatic N) is 2. The van der Waals surface area contributed by atoms with Crippen molar-refractivity contribution in [1.82, 2.24) is 9.97 Å². The number of para-hydroxylation sites is 1. The third kappa shape index (κ3) is 3.03. The molecule has 0 spiro atoms. The van der Waals surface area contributed by atoms with Crippen molar-refractivity contribution >= 4 is 22.4 Å². The van der Waals surface area contributed by atoms with Crippen molar-refractivity contribution in [2.45, 2.75) is 13.5 Å². The molecule has 7 nitrogen and oxygen atoms in total. The zero-order chi connectivity index (χ0) is 16.4. The molecule has 2 heterocycles. The minimum absolute atomic E-state index is 0.0841. The first-order valence-corrected chi connectivity index (χ1v) is 7.00. The molecule has 116 valence electrons. The molecule has 3 rings (SSSR count). The van der Waals surface area contributed by atoms with Gasteiger partial charge in [-0.2, -0.15) is 0 Å². The number of rotatable bonds is 4. The van der Waals surface area contributed by atoms with Crippen molar-refractivity contribution in [3.8, 4) is 0 Å². The number of aromatic nitrogens is 2. The molecule has 23 heavy (non-hydrogen) atoms. The van der Waals surface area contributed by atoms with Crippen LogP contribution >= 0.6 is 0 Å². The van der Waals surface area contributed by atoms with Crippen LogP contribution in [0.4, 0.5) is 11.5 Å². The lowest BCUT2D eigenvalue weighted by Crippen LogP contribution is -2.10. The molecule has 0 aliphatic rings. The Hall–Kier alpha value is -3.22. The monoisotopic (exact) mass is 310 g/mol. The molecular weight excluding hydrogens is 296 g/mol. The molecule has 3 aromatic rings. The fourth-order valence-corrected chi connectivity index (χ4v) is 2.43. The lowest BCUT2D eigenvalue weighted by atomic mass is 10.1. The molecule has 2 aromatic heterocycles. The van der Waals surface area contributed by atoms with E-state index in [0.29, 0.717) is 5.56 Å². The van der Waals surface area contributed by atoms with E-state index in [1.54, 1.807) is 13.1 Å². The van der Waals surface area contributed by atoms with Gasteiger partial charge < -0.3 is 10.3 Å². The maximum absolute atomic E-state index is 11.7. The van der Waals surface area contributed by atoms with Crippen LogP contribution < -0.4 is 10.9 Å². The summed E-state index contributed by atoms with van der Waals surface area (Å²) in [6, 6.07) is 10.4. The molecule has 0 aliphatic carbocycles. The maximum Gasteiger partial charge on any atom is 0.311 e. The first kappa shape index (κ1) is 14.7. The van der Waals surface area contributed by atoms with Gasteiger partial charge in [-0.25, -0.2) is 4.98 Å². The second kappa shape index (κ2) is 5.88. The Morgan fingerprint density at radius 3 is 2.87 bits per heavy atom. The van der Waals surface area contributed by atoms with Gasteiger partial charge in [-0.15, -0.1) is 0 Å². The van der Waals surface area contributed by atoms with Gasteiger partial charge in [-0.3, -0.25) is 14.9 Å². The minimum atomic E-state index is -0.474. The summed E-state index contributed by atoms with van der Waals surface area (Å²) in [7, 11) is 0. The summed E-state index contributed by atoms with van der Waals surface area (Å²) in [4.78, 5) is 29.2. The molecule has 0 aliphatic heterocycles. The van der Waals surface area contributed by atoms with E-state index in [9.17, 15) is 14.9 Å². The van der Waals surface area contributed by atoms with Gasteiger partial charge in [0.15, 0.2) is 0 Å². The van der Waals surface area contributed by atoms with Crippen molar-refractivity contribution in [2.75, 3.05) is 5.32 Å². The van der Waals surface area contributed by atoms with Gasteiger partial charge in [-0.05, 0) is 24.1 Å². The normalized spacial score (nSPS) is 10.7. The van der Waals surface area contributed by atoms with Crippen LogP contribution in [0.3, 0.4) is 0 Å². The number of benzene rings is 1. The van der Waals surface area contributed by atoms with Crippen LogP contribution in [0.15, 0.2) is 47.4 Å². The lowest BCUT2D eigenvalue weighted by Gasteiger charge is -2.09. The Morgan fingerprint density at radius 2 is 2.09 bits per heavy atom. The van der Waals surface area contributed by atoms with Crippen molar-refractivity contribution < 1.29 is 4.92 Å². The Bertz CT molecular complexity index is 949. The van der Waals surface area contributed by atoms with E-state index in [0.717, 1.165) is 16.5 Å². The number of nitro groups is 1. The van der Waals surface area contributed by atoms with Crippen LogP contribution in [0, 0.1) is 17.0 Å². The summed E-state index contributed by atoms with van der Waals surface area (Å²) < 4.78 is 0. The predicted octanol–water partition coefficient (Wildman–Crippen LogP) is 2.75. The first-order valence-electron chi connectivity index (χ1n) is 7.00. The van der Waals surface area contributed by atoms with Crippen LogP contribution in [-0.2, 0) is 6.54 Å². The van der Waals surface area contributed by atoms with Crippen molar-refractivity contribution in [1.29, 1.82) is 0 Å². The molecule has 0 atom stereocenters. The lowest BCUT2D eigenvalue weighted by molar-refractivity contribution is -0.384. The largest absolute Gasteiger partial charge is 0.360 e. The third-order valence-electron chi connectivity index (χ3n) is 3.48. The number of anilines is 1. The van der Waals surface area contributed by atoms with Gasteiger partial charge in [0.05, 0.1) is 4.92 Å². The molecule has 0 radical (unpaired) electrons. The minimum Gasteiger partial charge on any atom is -0.360 e. The number of aromatic amines is 1. The van der Waals surface area contributed by atoms with Gasteiger partial charge in [0.2, 0.25) is 11.4 Å². The highest BCUT2D eigenvalue weighted by molar-refractivity contribution is 5.82. The molecule has 1 aromatic carbocycles. The van der Waals surface area contributed by atoms with Crippen LogP contribution in [0.25, 0.3) is 10.9 Å². The topological polar surface area (TPSA) is 101 Å². The molecule has 0 fully saturated rings. The first-order chi connectivity index (χ1) is 11.0. The molecule has 0 unspecified atom stereocenters. The summed E-state index contributed by atoms with van der Waals surface area (Å²) in [5, 5.41) is 15.0. The number of nitrogens with one attached hydrogen (secondary N) is 2. The highest BCUT2D eigenvalue weighted by atomic mass is 16.6. The second-order valence-electron chi connectivity index (χ2n) is 5.20. The van der Waals surface area contributed by atoms with E-state index >= 15 is 0 Å². The van der Waals surface area contributed by atoms with Crippen molar-refractivity contribution in [3.05, 3.63) is 74.2 Å². The van der Waals surface area contributed by atoms with E-state index in [2.05, 4.69) is 15.3 Å². The van der Waals surface area contributed by atoms with Crippen LogP contribution in [0.2, 0.25) is 0 Å². The molecule has 0 amide bonds. The second-order valence-corrected chi connectivity index (χ2v) is 5.20. The van der Waals surface area contributed by atoms with Crippen molar-refractivity contribution in [2.24, 2.45) is 0 Å². The predicted molar refractivity (Wildman–Crippen MR) is 87.5 cm³/mol. The smallest absolute Gasteiger partial charge is 0.311 e. The highest BCUT2D eigenvalue weighted by Gasteiger charge is 2.15. The molecule has 2 N–H and O–H groups in total. The van der Waals surface area contributed by atoms with E-state index in [4.69, 9.17) is 0 Å². The maximum atomic E-state index is 11.7. The summed E-state index contributed by atoms with van der Waals surface area (Å²) in [6.45, 7) is 2.01. The number of pyridine rings is 2. The standard InChI is InChI=1S/C16H14N4O3/c1-10-6-14(20(22)23)16(17-8-10)18-9-11-7-15(21)19-13-5-3-2-4-12(11)13/h2-8H,9H2,1H3,(H,17,18)(H,19,21). The fraction of sp³-hybridized carbons (Fsp3) is 0.125. The Kier molecular flexibility index (Phi) is 3.76. The van der Waals surface area contributed by atoms with Gasteiger partial charge >= 0.3 is 5.69 Å². The average molecular weight is 310 g/mol. The van der Waals surface area contributed by atoms with E-state index in [-0.39, 0.29) is 23.6 Å². The summed E-state index contributed by atoms with van der Waals surface area (Å²) in [5.41, 5.74) is 1.89.